The van der Waals surface area contributed by atoms with Crippen molar-refractivity contribution in [2.24, 2.45) is 5.92 Å². The zero-order valence-corrected chi connectivity index (χ0v) is 14.0. The SMILES string of the molecule is CCS(=O)(=O)C1CCN(C(=O)CCC2CCCCC2)CC1. The van der Waals surface area contributed by atoms with Crippen molar-refractivity contribution in [3.05, 3.63) is 0 Å². The van der Waals surface area contributed by atoms with Gasteiger partial charge in [0.2, 0.25) is 5.91 Å². The van der Waals surface area contributed by atoms with Gasteiger partial charge < -0.3 is 4.90 Å². The molecular weight excluding hydrogens is 286 g/mol. The highest BCUT2D eigenvalue weighted by molar-refractivity contribution is 7.92. The van der Waals surface area contributed by atoms with Gasteiger partial charge in [-0.2, -0.15) is 0 Å². The van der Waals surface area contributed by atoms with Crippen molar-refractivity contribution in [2.75, 3.05) is 18.8 Å². The molecule has 1 amide bonds. The smallest absolute Gasteiger partial charge is 0.222 e. The minimum Gasteiger partial charge on any atom is -0.343 e. The van der Waals surface area contributed by atoms with Gasteiger partial charge >= 0.3 is 0 Å². The summed E-state index contributed by atoms with van der Waals surface area (Å²) in [4.78, 5) is 14.1. The lowest BCUT2D eigenvalue weighted by molar-refractivity contribution is -0.132. The van der Waals surface area contributed by atoms with Crippen molar-refractivity contribution < 1.29 is 13.2 Å². The molecule has 1 saturated carbocycles. The van der Waals surface area contributed by atoms with Gasteiger partial charge in [0.1, 0.15) is 0 Å². The van der Waals surface area contributed by atoms with Gasteiger partial charge in [-0.1, -0.05) is 39.0 Å². The zero-order chi connectivity index (χ0) is 15.3. The molecule has 2 fully saturated rings. The van der Waals surface area contributed by atoms with E-state index in [0.29, 0.717) is 32.4 Å². The summed E-state index contributed by atoms with van der Waals surface area (Å²) >= 11 is 0. The summed E-state index contributed by atoms with van der Waals surface area (Å²) in [6.07, 6.45) is 9.45. The highest BCUT2D eigenvalue weighted by atomic mass is 32.2. The standard InChI is InChI=1S/C16H29NO3S/c1-2-21(19,20)15-10-12-17(13-11-15)16(18)9-8-14-6-4-3-5-7-14/h14-15H,2-13H2,1H3. The van der Waals surface area contributed by atoms with Crippen LogP contribution in [-0.4, -0.2) is 43.3 Å². The minimum absolute atomic E-state index is 0.216. The van der Waals surface area contributed by atoms with Gasteiger partial charge in [0.15, 0.2) is 9.84 Å². The third kappa shape index (κ3) is 4.70. The summed E-state index contributed by atoms with van der Waals surface area (Å²) in [5.41, 5.74) is 0. The van der Waals surface area contributed by atoms with Gasteiger partial charge in [-0.3, -0.25) is 4.79 Å². The summed E-state index contributed by atoms with van der Waals surface area (Å²) in [6.45, 7) is 2.94. The Labute approximate surface area is 129 Å². The third-order valence-corrected chi connectivity index (χ3v) is 7.49. The van der Waals surface area contributed by atoms with Crippen molar-refractivity contribution in [1.82, 2.24) is 4.90 Å². The van der Waals surface area contributed by atoms with Crippen LogP contribution in [0.4, 0.5) is 0 Å². The van der Waals surface area contributed by atoms with Crippen LogP contribution >= 0.6 is 0 Å². The highest BCUT2D eigenvalue weighted by Crippen LogP contribution is 2.28. The molecule has 21 heavy (non-hydrogen) atoms. The molecule has 0 aromatic rings. The van der Waals surface area contributed by atoms with E-state index in [1.54, 1.807) is 6.92 Å². The molecule has 1 heterocycles. The fraction of sp³-hybridized carbons (Fsp3) is 0.938. The fourth-order valence-corrected chi connectivity index (χ4v) is 5.06. The normalized spacial score (nSPS) is 22.4. The molecule has 2 rings (SSSR count). The topological polar surface area (TPSA) is 54.5 Å². The third-order valence-electron chi connectivity index (χ3n) is 5.20. The van der Waals surface area contributed by atoms with Gasteiger partial charge in [0.25, 0.3) is 0 Å². The van der Waals surface area contributed by atoms with Crippen LogP contribution in [0.5, 0.6) is 0 Å². The number of rotatable bonds is 5. The Balaban J connectivity index is 1.72. The first kappa shape index (κ1) is 16.8. The molecule has 5 heteroatoms. The first-order chi connectivity index (χ1) is 10.0. The van der Waals surface area contributed by atoms with Crippen LogP contribution in [-0.2, 0) is 14.6 Å². The number of carbonyl (C=O) groups excluding carboxylic acids is 1. The Hall–Kier alpha value is -0.580. The summed E-state index contributed by atoms with van der Waals surface area (Å²) in [6, 6.07) is 0. The van der Waals surface area contributed by atoms with Crippen LogP contribution in [0.25, 0.3) is 0 Å². The Kier molecular flexibility index (Phi) is 6.08. The molecule has 1 saturated heterocycles. The summed E-state index contributed by atoms with van der Waals surface area (Å²) in [5, 5.41) is -0.232. The maximum Gasteiger partial charge on any atom is 0.222 e. The molecule has 1 aliphatic carbocycles. The molecule has 0 unspecified atom stereocenters. The van der Waals surface area contributed by atoms with E-state index in [-0.39, 0.29) is 16.9 Å². The fourth-order valence-electron chi connectivity index (χ4n) is 3.66. The lowest BCUT2D eigenvalue weighted by atomic mass is 9.86. The van der Waals surface area contributed by atoms with E-state index in [2.05, 4.69) is 0 Å². The van der Waals surface area contributed by atoms with Gasteiger partial charge in [-0.25, -0.2) is 8.42 Å². The Morgan fingerprint density at radius 3 is 2.24 bits per heavy atom. The number of hydrogen-bond donors (Lipinski definition) is 0. The van der Waals surface area contributed by atoms with Crippen LogP contribution in [0.2, 0.25) is 0 Å². The molecule has 0 aromatic heterocycles. The molecule has 0 aromatic carbocycles. The monoisotopic (exact) mass is 315 g/mol. The maximum atomic E-state index is 12.2. The Morgan fingerprint density at radius 2 is 1.67 bits per heavy atom. The molecule has 1 aliphatic heterocycles. The maximum absolute atomic E-state index is 12.2. The van der Waals surface area contributed by atoms with E-state index < -0.39 is 9.84 Å². The average molecular weight is 315 g/mol. The highest BCUT2D eigenvalue weighted by Gasteiger charge is 2.30. The van der Waals surface area contributed by atoms with E-state index in [1.165, 1.54) is 32.1 Å². The number of nitrogens with zero attached hydrogens (tertiary/aromatic N) is 1. The van der Waals surface area contributed by atoms with Crippen LogP contribution < -0.4 is 0 Å². The van der Waals surface area contributed by atoms with Crippen molar-refractivity contribution in [2.45, 2.75) is 70.0 Å². The lowest BCUT2D eigenvalue weighted by Crippen LogP contribution is -2.42. The molecule has 0 atom stereocenters. The van der Waals surface area contributed by atoms with Crippen molar-refractivity contribution in [3.8, 4) is 0 Å². The molecular formula is C16H29NO3S. The summed E-state index contributed by atoms with van der Waals surface area (Å²) < 4.78 is 23.7. The summed E-state index contributed by atoms with van der Waals surface area (Å²) in [7, 11) is -2.94. The number of amides is 1. The number of piperidine rings is 1. The van der Waals surface area contributed by atoms with E-state index >= 15 is 0 Å². The van der Waals surface area contributed by atoms with Crippen LogP contribution in [0.1, 0.15) is 64.7 Å². The van der Waals surface area contributed by atoms with Crippen molar-refractivity contribution in [3.63, 3.8) is 0 Å². The lowest BCUT2D eigenvalue weighted by Gasteiger charge is -2.32. The number of hydrogen-bond acceptors (Lipinski definition) is 3. The van der Waals surface area contributed by atoms with Gasteiger partial charge in [-0.05, 0) is 25.2 Å². The van der Waals surface area contributed by atoms with E-state index in [9.17, 15) is 13.2 Å². The van der Waals surface area contributed by atoms with Gasteiger partial charge in [0, 0.05) is 25.3 Å². The van der Waals surface area contributed by atoms with Crippen LogP contribution in [0.15, 0.2) is 0 Å². The predicted molar refractivity (Wildman–Crippen MR) is 84.9 cm³/mol. The van der Waals surface area contributed by atoms with E-state index in [1.807, 2.05) is 4.90 Å². The largest absolute Gasteiger partial charge is 0.343 e. The molecule has 4 nitrogen and oxygen atoms in total. The summed E-state index contributed by atoms with van der Waals surface area (Å²) in [5.74, 6) is 1.18. The molecule has 2 aliphatic rings. The van der Waals surface area contributed by atoms with E-state index in [4.69, 9.17) is 0 Å². The minimum atomic E-state index is -2.94. The predicted octanol–water partition coefficient (Wildman–Crippen LogP) is 2.77. The van der Waals surface area contributed by atoms with Gasteiger partial charge in [-0.15, -0.1) is 0 Å². The molecule has 0 bridgehead atoms. The number of carbonyl (C=O) groups is 1. The molecule has 0 N–H and O–H groups in total. The molecule has 0 spiro atoms. The first-order valence-electron chi connectivity index (χ1n) is 8.52. The Morgan fingerprint density at radius 1 is 1.05 bits per heavy atom. The second-order valence-electron chi connectivity index (χ2n) is 6.57. The molecule has 122 valence electrons. The number of likely N-dealkylation sites (tertiary alicyclic amines) is 1. The van der Waals surface area contributed by atoms with Crippen molar-refractivity contribution in [1.29, 1.82) is 0 Å². The van der Waals surface area contributed by atoms with Crippen LogP contribution in [0.3, 0.4) is 0 Å². The Bertz CT molecular complexity index is 432. The van der Waals surface area contributed by atoms with E-state index in [0.717, 1.165) is 12.3 Å². The molecule has 0 radical (unpaired) electrons. The second-order valence-corrected chi connectivity index (χ2v) is 9.14. The number of sulfone groups is 1. The second kappa shape index (κ2) is 7.61. The first-order valence-corrected chi connectivity index (χ1v) is 10.2. The van der Waals surface area contributed by atoms with Gasteiger partial charge in [0.05, 0.1) is 5.25 Å². The quantitative estimate of drug-likeness (QED) is 0.784. The van der Waals surface area contributed by atoms with Crippen LogP contribution in [0, 0.1) is 5.92 Å². The average Bonchev–Trinajstić information content (AvgIpc) is 2.53. The zero-order valence-electron chi connectivity index (χ0n) is 13.2. The van der Waals surface area contributed by atoms with Crippen molar-refractivity contribution >= 4 is 15.7 Å².